The van der Waals surface area contributed by atoms with Crippen LogP contribution in [0.3, 0.4) is 0 Å². The minimum absolute atomic E-state index is 0.579. The van der Waals surface area contributed by atoms with E-state index >= 15 is 0 Å². The zero-order chi connectivity index (χ0) is 16.8. The van der Waals surface area contributed by atoms with Crippen molar-refractivity contribution in [2.45, 2.75) is 19.4 Å². The Hall–Kier alpha value is -2.89. The minimum Gasteiger partial charge on any atom is -0.493 e. The third-order valence-corrected chi connectivity index (χ3v) is 3.76. The average Bonchev–Trinajstić information content (AvgIpc) is 3.11. The fraction of sp³-hybridized carbons (Fsp3) is 0.278. The highest BCUT2D eigenvalue weighted by Crippen LogP contribution is 2.30. The third-order valence-electron chi connectivity index (χ3n) is 3.76. The fourth-order valence-corrected chi connectivity index (χ4v) is 2.50. The number of methoxy groups -OCH3 is 2. The van der Waals surface area contributed by atoms with Gasteiger partial charge in [-0.1, -0.05) is 30.3 Å². The van der Waals surface area contributed by atoms with Crippen molar-refractivity contribution in [3.63, 3.8) is 0 Å². The molecule has 0 aliphatic heterocycles. The SMILES string of the molecule is COc1ccc(-c2nnn(CCCc3ccccc3)n2)cc1OC. The van der Waals surface area contributed by atoms with Crippen LogP contribution in [0.2, 0.25) is 0 Å². The maximum Gasteiger partial charge on any atom is 0.205 e. The van der Waals surface area contributed by atoms with Gasteiger partial charge in [-0.2, -0.15) is 4.80 Å². The molecule has 0 saturated carbocycles. The van der Waals surface area contributed by atoms with Gasteiger partial charge in [-0.3, -0.25) is 0 Å². The topological polar surface area (TPSA) is 62.1 Å². The molecule has 0 aliphatic rings. The molecule has 1 aromatic heterocycles. The van der Waals surface area contributed by atoms with Gasteiger partial charge in [0.05, 0.1) is 20.8 Å². The van der Waals surface area contributed by atoms with Gasteiger partial charge in [0.1, 0.15) is 0 Å². The Morgan fingerprint density at radius 2 is 1.75 bits per heavy atom. The summed E-state index contributed by atoms with van der Waals surface area (Å²) < 4.78 is 10.6. The van der Waals surface area contributed by atoms with E-state index in [4.69, 9.17) is 9.47 Å². The number of aryl methyl sites for hydroxylation is 2. The molecule has 0 unspecified atom stereocenters. The zero-order valence-electron chi connectivity index (χ0n) is 13.8. The molecule has 124 valence electrons. The molecule has 1 heterocycles. The largest absolute Gasteiger partial charge is 0.493 e. The van der Waals surface area contributed by atoms with Crippen LogP contribution in [-0.2, 0) is 13.0 Å². The van der Waals surface area contributed by atoms with Crippen molar-refractivity contribution in [1.82, 2.24) is 20.2 Å². The van der Waals surface area contributed by atoms with E-state index in [2.05, 4.69) is 39.7 Å². The van der Waals surface area contributed by atoms with Crippen molar-refractivity contribution in [3.05, 3.63) is 54.1 Å². The summed E-state index contributed by atoms with van der Waals surface area (Å²) in [5.74, 6) is 1.91. The lowest BCUT2D eigenvalue weighted by molar-refractivity contribution is 0.355. The van der Waals surface area contributed by atoms with E-state index < -0.39 is 0 Å². The van der Waals surface area contributed by atoms with Gasteiger partial charge in [-0.05, 0) is 41.8 Å². The number of aromatic nitrogens is 4. The highest BCUT2D eigenvalue weighted by molar-refractivity contribution is 5.60. The molecule has 0 atom stereocenters. The molecule has 2 aromatic carbocycles. The first kappa shape index (κ1) is 16.0. The van der Waals surface area contributed by atoms with E-state index in [1.165, 1.54) is 5.56 Å². The molecule has 0 spiro atoms. The van der Waals surface area contributed by atoms with Crippen LogP contribution in [-0.4, -0.2) is 34.4 Å². The van der Waals surface area contributed by atoms with Gasteiger partial charge >= 0.3 is 0 Å². The van der Waals surface area contributed by atoms with Crippen LogP contribution < -0.4 is 9.47 Å². The second-order valence-electron chi connectivity index (χ2n) is 5.37. The van der Waals surface area contributed by atoms with E-state index in [-0.39, 0.29) is 0 Å². The summed E-state index contributed by atoms with van der Waals surface area (Å²) in [5.41, 5.74) is 2.17. The number of benzene rings is 2. The van der Waals surface area contributed by atoms with Gasteiger partial charge < -0.3 is 9.47 Å². The second-order valence-corrected chi connectivity index (χ2v) is 5.37. The highest BCUT2D eigenvalue weighted by Gasteiger charge is 2.10. The molecule has 3 rings (SSSR count). The van der Waals surface area contributed by atoms with Crippen LogP contribution in [0.25, 0.3) is 11.4 Å². The number of ether oxygens (including phenoxy) is 2. The van der Waals surface area contributed by atoms with E-state index in [0.717, 1.165) is 24.9 Å². The van der Waals surface area contributed by atoms with Crippen molar-refractivity contribution in [3.8, 4) is 22.9 Å². The van der Waals surface area contributed by atoms with Crippen molar-refractivity contribution < 1.29 is 9.47 Å². The highest BCUT2D eigenvalue weighted by atomic mass is 16.5. The Morgan fingerprint density at radius 1 is 0.958 bits per heavy atom. The molecule has 6 nitrogen and oxygen atoms in total. The van der Waals surface area contributed by atoms with Crippen LogP contribution in [0, 0.1) is 0 Å². The van der Waals surface area contributed by atoms with E-state index in [0.29, 0.717) is 17.3 Å². The molecule has 0 fully saturated rings. The van der Waals surface area contributed by atoms with Gasteiger partial charge in [0, 0.05) is 5.56 Å². The summed E-state index contributed by atoms with van der Waals surface area (Å²) in [4.78, 5) is 1.63. The Labute approximate surface area is 141 Å². The Kier molecular flexibility index (Phi) is 5.05. The predicted octanol–water partition coefficient (Wildman–Crippen LogP) is 2.99. The van der Waals surface area contributed by atoms with Gasteiger partial charge in [0.15, 0.2) is 11.5 Å². The number of nitrogens with zero attached hydrogens (tertiary/aromatic N) is 4. The van der Waals surface area contributed by atoms with Crippen molar-refractivity contribution >= 4 is 0 Å². The molecule has 24 heavy (non-hydrogen) atoms. The molecule has 0 bridgehead atoms. The van der Waals surface area contributed by atoms with E-state index in [1.54, 1.807) is 19.0 Å². The molecule has 0 radical (unpaired) electrons. The molecule has 0 amide bonds. The molecular formula is C18H20N4O2. The Balaban J connectivity index is 1.65. The average molecular weight is 324 g/mol. The van der Waals surface area contributed by atoms with E-state index in [9.17, 15) is 0 Å². The lowest BCUT2D eigenvalue weighted by Gasteiger charge is -2.07. The van der Waals surface area contributed by atoms with Crippen molar-refractivity contribution in [1.29, 1.82) is 0 Å². The Bertz CT molecular complexity index is 787. The second kappa shape index (κ2) is 7.59. The molecule has 0 saturated heterocycles. The molecule has 0 N–H and O–H groups in total. The smallest absolute Gasteiger partial charge is 0.205 e. The van der Waals surface area contributed by atoms with E-state index in [1.807, 2.05) is 24.3 Å². The normalized spacial score (nSPS) is 10.6. The monoisotopic (exact) mass is 324 g/mol. The third kappa shape index (κ3) is 3.71. The fourth-order valence-electron chi connectivity index (χ4n) is 2.50. The van der Waals surface area contributed by atoms with Gasteiger partial charge in [-0.25, -0.2) is 0 Å². The van der Waals surface area contributed by atoms with Gasteiger partial charge in [0.2, 0.25) is 5.82 Å². The molecule has 6 heteroatoms. The van der Waals surface area contributed by atoms with Crippen molar-refractivity contribution in [2.24, 2.45) is 0 Å². The van der Waals surface area contributed by atoms with Crippen LogP contribution in [0.1, 0.15) is 12.0 Å². The van der Waals surface area contributed by atoms with Crippen LogP contribution in [0.5, 0.6) is 11.5 Å². The van der Waals surface area contributed by atoms with Crippen LogP contribution >= 0.6 is 0 Å². The van der Waals surface area contributed by atoms with Crippen molar-refractivity contribution in [2.75, 3.05) is 14.2 Å². The maximum absolute atomic E-state index is 5.31. The molecule has 0 aliphatic carbocycles. The lowest BCUT2D eigenvalue weighted by atomic mass is 10.1. The zero-order valence-corrected chi connectivity index (χ0v) is 13.8. The maximum atomic E-state index is 5.31. The number of tetrazole rings is 1. The number of hydrogen-bond donors (Lipinski definition) is 0. The first-order valence-electron chi connectivity index (χ1n) is 7.84. The van der Waals surface area contributed by atoms with Crippen LogP contribution in [0.15, 0.2) is 48.5 Å². The summed E-state index contributed by atoms with van der Waals surface area (Å²) in [6.07, 6.45) is 1.96. The molecular weight excluding hydrogens is 304 g/mol. The summed E-state index contributed by atoms with van der Waals surface area (Å²) in [6.45, 7) is 0.731. The quantitative estimate of drug-likeness (QED) is 0.668. The van der Waals surface area contributed by atoms with Gasteiger partial charge in [-0.15, -0.1) is 10.2 Å². The summed E-state index contributed by atoms with van der Waals surface area (Å²) in [7, 11) is 3.22. The molecule has 3 aromatic rings. The lowest BCUT2D eigenvalue weighted by Crippen LogP contribution is -2.03. The summed E-state index contributed by atoms with van der Waals surface area (Å²) in [5, 5.41) is 12.7. The number of rotatable bonds is 7. The summed E-state index contributed by atoms with van der Waals surface area (Å²) >= 11 is 0. The Morgan fingerprint density at radius 3 is 2.50 bits per heavy atom. The van der Waals surface area contributed by atoms with Crippen LogP contribution in [0.4, 0.5) is 0 Å². The first-order valence-corrected chi connectivity index (χ1v) is 7.84. The summed E-state index contributed by atoms with van der Waals surface area (Å²) in [6, 6.07) is 16.0. The predicted molar refractivity (Wildman–Crippen MR) is 91.1 cm³/mol. The van der Waals surface area contributed by atoms with Gasteiger partial charge in [0.25, 0.3) is 0 Å². The minimum atomic E-state index is 0.579. The first-order chi connectivity index (χ1) is 11.8. The number of hydrogen-bond acceptors (Lipinski definition) is 5. The standard InChI is InChI=1S/C18H20N4O2/c1-23-16-11-10-15(13-17(16)24-2)18-19-21-22(20-18)12-6-9-14-7-4-3-5-8-14/h3-5,7-8,10-11,13H,6,9,12H2,1-2H3.